The first-order chi connectivity index (χ1) is 15.7. The van der Waals surface area contributed by atoms with Crippen molar-refractivity contribution in [1.29, 1.82) is 0 Å². The standard InChI is InChI=1S/C27H25N3O2/c1-17-14-28-15-26(29-17)18-12-19-10-11-20(13-18)30(19)27(31)32-16-25-23-8-4-2-6-21(23)22-7-3-5-9-24(22)25/h2-9,12,14-15,19-20,25H,10-11,13,16H2,1H3. The van der Waals surface area contributed by atoms with Crippen molar-refractivity contribution >= 4 is 11.7 Å². The van der Waals surface area contributed by atoms with Crippen molar-refractivity contribution in [1.82, 2.24) is 14.9 Å². The van der Waals surface area contributed by atoms with Gasteiger partial charge in [-0.25, -0.2) is 4.79 Å². The summed E-state index contributed by atoms with van der Waals surface area (Å²) in [6, 6.07) is 17.1. The summed E-state index contributed by atoms with van der Waals surface area (Å²) in [5.74, 6) is 0.0856. The summed E-state index contributed by atoms with van der Waals surface area (Å²) in [5.41, 5.74) is 8.00. The predicted octanol–water partition coefficient (Wildman–Crippen LogP) is 5.35. The number of ether oxygens (including phenoxy) is 1. The average molecular weight is 424 g/mol. The molecule has 32 heavy (non-hydrogen) atoms. The summed E-state index contributed by atoms with van der Waals surface area (Å²) in [4.78, 5) is 24.0. The topological polar surface area (TPSA) is 55.3 Å². The summed E-state index contributed by atoms with van der Waals surface area (Å²) >= 11 is 0. The molecule has 2 aliphatic heterocycles. The maximum atomic E-state index is 13.2. The fourth-order valence-corrected chi connectivity index (χ4v) is 5.59. The van der Waals surface area contributed by atoms with Crippen molar-refractivity contribution in [3.8, 4) is 11.1 Å². The Morgan fingerprint density at radius 3 is 2.44 bits per heavy atom. The molecule has 3 aromatic rings. The van der Waals surface area contributed by atoms with Crippen LogP contribution in [-0.2, 0) is 4.74 Å². The Balaban J connectivity index is 1.20. The molecule has 160 valence electrons. The first-order valence-electron chi connectivity index (χ1n) is 11.3. The summed E-state index contributed by atoms with van der Waals surface area (Å²) in [6.45, 7) is 2.32. The van der Waals surface area contributed by atoms with E-state index in [1.807, 2.05) is 18.0 Å². The van der Waals surface area contributed by atoms with Gasteiger partial charge in [-0.15, -0.1) is 0 Å². The third-order valence-electron chi connectivity index (χ3n) is 7.03. The summed E-state index contributed by atoms with van der Waals surface area (Å²) in [7, 11) is 0. The Labute approximate surface area is 187 Å². The highest BCUT2D eigenvalue weighted by molar-refractivity contribution is 5.79. The third kappa shape index (κ3) is 3.11. The number of fused-ring (bicyclic) bond motifs is 5. The lowest BCUT2D eigenvalue weighted by molar-refractivity contribution is 0.0866. The summed E-state index contributed by atoms with van der Waals surface area (Å²) in [5, 5.41) is 0. The van der Waals surface area contributed by atoms with E-state index in [4.69, 9.17) is 4.74 Å². The number of aryl methyl sites for hydroxylation is 1. The van der Waals surface area contributed by atoms with E-state index >= 15 is 0 Å². The number of hydrogen-bond donors (Lipinski definition) is 0. The number of carbonyl (C=O) groups is 1. The molecule has 0 radical (unpaired) electrons. The Kier molecular flexibility index (Phi) is 4.56. The van der Waals surface area contributed by atoms with Crippen LogP contribution in [0.25, 0.3) is 16.7 Å². The Hall–Kier alpha value is -3.47. The van der Waals surface area contributed by atoms with E-state index in [-0.39, 0.29) is 24.1 Å². The van der Waals surface area contributed by atoms with E-state index in [1.54, 1.807) is 6.20 Å². The lowest BCUT2D eigenvalue weighted by Gasteiger charge is -2.33. The molecule has 3 aliphatic rings. The summed E-state index contributed by atoms with van der Waals surface area (Å²) < 4.78 is 5.95. The molecular weight excluding hydrogens is 398 g/mol. The molecule has 0 spiro atoms. The van der Waals surface area contributed by atoms with Gasteiger partial charge in [-0.1, -0.05) is 54.6 Å². The largest absolute Gasteiger partial charge is 0.448 e. The van der Waals surface area contributed by atoms with Gasteiger partial charge in [-0.2, -0.15) is 0 Å². The second kappa shape index (κ2) is 7.59. The van der Waals surface area contributed by atoms with Crippen LogP contribution in [0, 0.1) is 6.92 Å². The molecule has 1 amide bonds. The molecule has 0 N–H and O–H groups in total. The molecule has 3 heterocycles. The highest BCUT2D eigenvalue weighted by Gasteiger charge is 2.41. The zero-order chi connectivity index (χ0) is 21.7. The minimum Gasteiger partial charge on any atom is -0.448 e. The van der Waals surface area contributed by atoms with Crippen LogP contribution in [0.5, 0.6) is 0 Å². The number of amides is 1. The molecule has 5 nitrogen and oxygen atoms in total. The van der Waals surface area contributed by atoms with Gasteiger partial charge in [0.1, 0.15) is 6.61 Å². The molecule has 2 unspecified atom stereocenters. The van der Waals surface area contributed by atoms with Gasteiger partial charge in [-0.3, -0.25) is 14.9 Å². The second-order valence-corrected chi connectivity index (χ2v) is 8.95. The van der Waals surface area contributed by atoms with Crippen LogP contribution in [0.15, 0.2) is 67.0 Å². The molecular formula is C27H25N3O2. The first-order valence-corrected chi connectivity index (χ1v) is 11.3. The molecule has 1 saturated heterocycles. The van der Waals surface area contributed by atoms with Crippen molar-refractivity contribution in [3.63, 3.8) is 0 Å². The van der Waals surface area contributed by atoms with Gasteiger partial charge in [-0.05, 0) is 54.0 Å². The molecule has 2 bridgehead atoms. The van der Waals surface area contributed by atoms with Crippen molar-refractivity contribution in [2.75, 3.05) is 6.61 Å². The SMILES string of the molecule is Cc1cncc(C2=CC3CCC(C2)N3C(=O)OCC2c3ccccc3-c3ccccc32)n1. The van der Waals surface area contributed by atoms with Gasteiger partial charge in [0.2, 0.25) is 0 Å². The molecule has 5 heteroatoms. The first kappa shape index (κ1) is 19.2. The van der Waals surface area contributed by atoms with Crippen molar-refractivity contribution in [3.05, 3.63) is 89.5 Å². The average Bonchev–Trinajstić information content (AvgIpc) is 3.28. The van der Waals surface area contributed by atoms with Crippen molar-refractivity contribution in [2.45, 2.75) is 44.2 Å². The zero-order valence-corrected chi connectivity index (χ0v) is 18.1. The Morgan fingerprint density at radius 1 is 1.03 bits per heavy atom. The quantitative estimate of drug-likeness (QED) is 0.570. The van der Waals surface area contributed by atoms with E-state index in [1.165, 1.54) is 27.8 Å². The van der Waals surface area contributed by atoms with Crippen molar-refractivity contribution in [2.24, 2.45) is 0 Å². The minimum atomic E-state index is -0.204. The number of carbonyl (C=O) groups excluding carboxylic acids is 1. The van der Waals surface area contributed by atoms with Gasteiger partial charge < -0.3 is 4.74 Å². The van der Waals surface area contributed by atoms with E-state index in [0.29, 0.717) is 6.61 Å². The van der Waals surface area contributed by atoms with Crippen LogP contribution in [-0.4, -0.2) is 39.7 Å². The zero-order valence-electron chi connectivity index (χ0n) is 18.1. The summed E-state index contributed by atoms with van der Waals surface area (Å²) in [6.07, 6.45) is 8.34. The fourth-order valence-electron chi connectivity index (χ4n) is 5.59. The van der Waals surface area contributed by atoms with Crippen LogP contribution in [0.4, 0.5) is 4.79 Å². The highest BCUT2D eigenvalue weighted by atomic mass is 16.6. The maximum absolute atomic E-state index is 13.2. The van der Waals surface area contributed by atoms with Crippen LogP contribution in [0.2, 0.25) is 0 Å². The number of rotatable bonds is 3. The Bertz CT molecular complexity index is 1190. The fraction of sp³-hybridized carbons (Fsp3) is 0.296. The normalized spacial score (nSPS) is 21.2. The minimum absolute atomic E-state index is 0.0710. The van der Waals surface area contributed by atoms with Gasteiger partial charge in [0, 0.05) is 18.2 Å². The van der Waals surface area contributed by atoms with Crippen LogP contribution < -0.4 is 0 Å². The van der Waals surface area contributed by atoms with Gasteiger partial charge in [0.05, 0.1) is 23.6 Å². The third-order valence-corrected chi connectivity index (χ3v) is 7.03. The monoisotopic (exact) mass is 423 g/mol. The Morgan fingerprint density at radius 2 is 1.75 bits per heavy atom. The van der Waals surface area contributed by atoms with E-state index in [9.17, 15) is 4.79 Å². The van der Waals surface area contributed by atoms with E-state index in [2.05, 4.69) is 64.6 Å². The molecule has 0 saturated carbocycles. The van der Waals surface area contributed by atoms with Crippen LogP contribution in [0.3, 0.4) is 0 Å². The van der Waals surface area contributed by atoms with Gasteiger partial charge >= 0.3 is 6.09 Å². The number of hydrogen-bond acceptors (Lipinski definition) is 4. The molecule has 2 atom stereocenters. The van der Waals surface area contributed by atoms with Gasteiger partial charge in [0.15, 0.2) is 0 Å². The number of nitrogens with zero attached hydrogens (tertiary/aromatic N) is 3. The van der Waals surface area contributed by atoms with E-state index in [0.717, 1.165) is 30.7 Å². The predicted molar refractivity (Wildman–Crippen MR) is 123 cm³/mol. The van der Waals surface area contributed by atoms with Crippen molar-refractivity contribution < 1.29 is 9.53 Å². The molecule has 1 aromatic heterocycles. The molecule has 1 fully saturated rings. The molecule has 1 aliphatic carbocycles. The lowest BCUT2D eigenvalue weighted by Crippen LogP contribution is -2.43. The lowest BCUT2D eigenvalue weighted by atomic mass is 9.98. The smallest absolute Gasteiger partial charge is 0.410 e. The van der Waals surface area contributed by atoms with Crippen LogP contribution in [0.1, 0.15) is 47.7 Å². The highest BCUT2D eigenvalue weighted by Crippen LogP contribution is 2.45. The van der Waals surface area contributed by atoms with E-state index < -0.39 is 0 Å². The second-order valence-electron chi connectivity index (χ2n) is 8.95. The number of aromatic nitrogens is 2. The molecule has 2 aromatic carbocycles. The van der Waals surface area contributed by atoms with Gasteiger partial charge in [0.25, 0.3) is 0 Å². The molecule has 6 rings (SSSR count). The van der Waals surface area contributed by atoms with Crippen LogP contribution >= 0.6 is 0 Å². The number of benzene rings is 2. The maximum Gasteiger partial charge on any atom is 0.410 e.